The van der Waals surface area contributed by atoms with Crippen LogP contribution in [0.25, 0.3) is 44.2 Å². The van der Waals surface area contributed by atoms with Crippen molar-refractivity contribution in [2.75, 3.05) is 7.11 Å². The van der Waals surface area contributed by atoms with Gasteiger partial charge in [-0.3, -0.25) is 0 Å². The Morgan fingerprint density at radius 3 is 2.20 bits per heavy atom. The smallest absolute Gasteiger partial charge is 0.268 e. The molecule has 4 aromatic carbocycles. The van der Waals surface area contributed by atoms with E-state index in [4.69, 9.17) is 4.74 Å². The molecule has 172 valence electrons. The average Bonchev–Trinajstić information content (AvgIpc) is 3.48. The maximum Gasteiger partial charge on any atom is 0.268 e. The molecular formula is C29H22N2O3S. The van der Waals surface area contributed by atoms with Gasteiger partial charge < -0.3 is 9.72 Å². The molecule has 0 aliphatic heterocycles. The number of H-pyrrole nitrogens is 1. The number of nitrogens with zero attached hydrogens (tertiary/aromatic N) is 1. The van der Waals surface area contributed by atoms with E-state index < -0.39 is 10.0 Å². The first kappa shape index (κ1) is 21.3. The second kappa shape index (κ2) is 8.18. The van der Waals surface area contributed by atoms with Gasteiger partial charge in [-0.15, -0.1) is 0 Å². The van der Waals surface area contributed by atoms with E-state index in [2.05, 4.69) is 17.1 Å². The number of aromatic nitrogens is 2. The molecule has 6 rings (SSSR count). The van der Waals surface area contributed by atoms with Crippen LogP contribution in [0.5, 0.6) is 5.75 Å². The van der Waals surface area contributed by atoms with Gasteiger partial charge >= 0.3 is 0 Å². The lowest BCUT2D eigenvalue weighted by molar-refractivity contribution is 0.415. The summed E-state index contributed by atoms with van der Waals surface area (Å²) >= 11 is 0. The zero-order valence-electron chi connectivity index (χ0n) is 19.0. The molecule has 1 N–H and O–H groups in total. The van der Waals surface area contributed by atoms with Crippen LogP contribution in [0.3, 0.4) is 0 Å². The SMILES string of the molecule is COc1ccc2[nH]c(-c3cn(S(=O)(=O)c4ccccc4)c4ccccc34)c(-c3ccccc3)c2c1. The van der Waals surface area contributed by atoms with Crippen LogP contribution >= 0.6 is 0 Å². The number of aromatic amines is 1. The van der Waals surface area contributed by atoms with Crippen molar-refractivity contribution in [2.45, 2.75) is 4.90 Å². The minimum Gasteiger partial charge on any atom is -0.497 e. The Kier molecular flexibility index (Phi) is 4.97. The number of para-hydroxylation sites is 1. The van der Waals surface area contributed by atoms with Crippen LogP contribution < -0.4 is 4.74 Å². The molecule has 0 amide bonds. The van der Waals surface area contributed by atoms with E-state index in [1.807, 2.05) is 66.7 Å². The molecule has 0 bridgehead atoms. The lowest BCUT2D eigenvalue weighted by Gasteiger charge is -2.07. The zero-order valence-corrected chi connectivity index (χ0v) is 19.8. The number of nitrogens with one attached hydrogen (secondary N) is 1. The van der Waals surface area contributed by atoms with Crippen LogP contribution in [0.1, 0.15) is 0 Å². The summed E-state index contributed by atoms with van der Waals surface area (Å²) in [6.07, 6.45) is 1.72. The van der Waals surface area contributed by atoms with Crippen molar-refractivity contribution in [3.05, 3.63) is 109 Å². The highest BCUT2D eigenvalue weighted by Crippen LogP contribution is 2.42. The van der Waals surface area contributed by atoms with Gasteiger partial charge in [0.15, 0.2) is 0 Å². The van der Waals surface area contributed by atoms with Gasteiger partial charge in [-0.05, 0) is 42.0 Å². The monoisotopic (exact) mass is 478 g/mol. The Labute approximate surface area is 203 Å². The van der Waals surface area contributed by atoms with E-state index in [-0.39, 0.29) is 4.90 Å². The van der Waals surface area contributed by atoms with E-state index in [1.54, 1.807) is 37.6 Å². The standard InChI is InChI=1S/C29H22N2O3S/c1-34-21-16-17-26-24(18-21)28(20-10-4-2-5-11-20)29(30-26)25-19-31(27-15-9-8-14-23(25)27)35(32,33)22-12-6-3-7-13-22/h2-19,30H,1H3. The zero-order chi connectivity index (χ0) is 24.0. The van der Waals surface area contributed by atoms with Crippen molar-refractivity contribution in [2.24, 2.45) is 0 Å². The van der Waals surface area contributed by atoms with E-state index in [0.717, 1.165) is 44.4 Å². The Balaban J connectivity index is 1.68. The van der Waals surface area contributed by atoms with Gasteiger partial charge in [0.2, 0.25) is 0 Å². The fraction of sp³-hybridized carbons (Fsp3) is 0.0345. The molecule has 0 atom stereocenters. The molecule has 6 aromatic rings. The van der Waals surface area contributed by atoms with Crippen molar-refractivity contribution >= 4 is 31.8 Å². The molecule has 5 nitrogen and oxygen atoms in total. The molecule has 0 aliphatic rings. The van der Waals surface area contributed by atoms with E-state index >= 15 is 0 Å². The largest absolute Gasteiger partial charge is 0.497 e. The molecule has 0 saturated heterocycles. The van der Waals surface area contributed by atoms with Crippen molar-refractivity contribution in [1.82, 2.24) is 8.96 Å². The molecule has 0 saturated carbocycles. The molecule has 2 heterocycles. The number of ether oxygens (including phenoxy) is 1. The van der Waals surface area contributed by atoms with Gasteiger partial charge in [0.1, 0.15) is 5.75 Å². The summed E-state index contributed by atoms with van der Waals surface area (Å²) in [6.45, 7) is 0. The number of hydrogen-bond acceptors (Lipinski definition) is 3. The lowest BCUT2D eigenvalue weighted by Crippen LogP contribution is -2.11. The summed E-state index contributed by atoms with van der Waals surface area (Å²) in [5, 5.41) is 1.86. The number of benzene rings is 4. The lowest BCUT2D eigenvalue weighted by atomic mass is 9.98. The van der Waals surface area contributed by atoms with E-state index in [9.17, 15) is 8.42 Å². The molecular weight excluding hydrogens is 456 g/mol. The fourth-order valence-electron chi connectivity index (χ4n) is 4.66. The summed E-state index contributed by atoms with van der Waals surface area (Å²) in [5.41, 5.74) is 5.28. The minimum absolute atomic E-state index is 0.247. The van der Waals surface area contributed by atoms with Gasteiger partial charge in [-0.2, -0.15) is 0 Å². The summed E-state index contributed by atoms with van der Waals surface area (Å²) in [7, 11) is -2.14. The van der Waals surface area contributed by atoms with Crippen LogP contribution in [-0.2, 0) is 10.0 Å². The van der Waals surface area contributed by atoms with E-state index in [0.29, 0.717) is 5.52 Å². The van der Waals surface area contributed by atoms with Gasteiger partial charge in [0.05, 0.1) is 23.2 Å². The van der Waals surface area contributed by atoms with Crippen molar-refractivity contribution in [3.63, 3.8) is 0 Å². The highest BCUT2D eigenvalue weighted by Gasteiger charge is 2.24. The van der Waals surface area contributed by atoms with Crippen molar-refractivity contribution in [3.8, 4) is 28.1 Å². The quantitative estimate of drug-likeness (QED) is 0.300. The summed E-state index contributed by atoms with van der Waals surface area (Å²) in [4.78, 5) is 3.81. The van der Waals surface area contributed by atoms with Crippen LogP contribution in [0.2, 0.25) is 0 Å². The summed E-state index contributed by atoms with van der Waals surface area (Å²) < 4.78 is 34.2. The Morgan fingerprint density at radius 2 is 1.46 bits per heavy atom. The second-order valence-electron chi connectivity index (χ2n) is 8.33. The maximum atomic E-state index is 13.6. The topological polar surface area (TPSA) is 64.1 Å². The first-order valence-electron chi connectivity index (χ1n) is 11.2. The molecule has 0 unspecified atom stereocenters. The highest BCUT2D eigenvalue weighted by atomic mass is 32.2. The third-order valence-electron chi connectivity index (χ3n) is 6.32. The molecule has 0 aliphatic carbocycles. The normalized spacial score (nSPS) is 11.8. The van der Waals surface area contributed by atoms with E-state index in [1.165, 1.54) is 3.97 Å². The second-order valence-corrected chi connectivity index (χ2v) is 10.1. The molecule has 0 spiro atoms. The Bertz CT molecular complexity index is 1780. The van der Waals surface area contributed by atoms with Gasteiger partial charge in [0, 0.05) is 33.6 Å². The van der Waals surface area contributed by atoms with Gasteiger partial charge in [-0.1, -0.05) is 66.7 Å². The number of methoxy groups -OCH3 is 1. The van der Waals surface area contributed by atoms with Crippen LogP contribution in [0.15, 0.2) is 114 Å². The van der Waals surface area contributed by atoms with Crippen molar-refractivity contribution < 1.29 is 13.2 Å². The number of hydrogen-bond donors (Lipinski definition) is 1. The summed E-state index contributed by atoms with van der Waals surface area (Å²) in [5.74, 6) is 0.759. The number of rotatable bonds is 5. The first-order chi connectivity index (χ1) is 17.1. The average molecular weight is 479 g/mol. The molecule has 6 heteroatoms. The molecule has 2 aromatic heterocycles. The Hall–Kier alpha value is -4.29. The Morgan fingerprint density at radius 1 is 0.771 bits per heavy atom. The van der Waals surface area contributed by atoms with Crippen LogP contribution in [0, 0.1) is 0 Å². The van der Waals surface area contributed by atoms with Crippen LogP contribution in [-0.4, -0.2) is 24.5 Å². The maximum absolute atomic E-state index is 13.6. The molecule has 35 heavy (non-hydrogen) atoms. The fourth-order valence-corrected chi connectivity index (χ4v) is 6.05. The summed E-state index contributed by atoms with van der Waals surface area (Å²) in [6, 6.07) is 32.1. The molecule has 0 fully saturated rings. The predicted octanol–water partition coefficient (Wildman–Crippen LogP) is 6.70. The van der Waals surface area contributed by atoms with Crippen LogP contribution in [0.4, 0.5) is 0 Å². The highest BCUT2D eigenvalue weighted by molar-refractivity contribution is 7.90. The third-order valence-corrected chi connectivity index (χ3v) is 8.00. The number of fused-ring (bicyclic) bond motifs is 2. The minimum atomic E-state index is -3.79. The van der Waals surface area contributed by atoms with Gasteiger partial charge in [0.25, 0.3) is 10.0 Å². The van der Waals surface area contributed by atoms with Crippen molar-refractivity contribution in [1.29, 1.82) is 0 Å². The molecule has 0 radical (unpaired) electrons. The van der Waals surface area contributed by atoms with Gasteiger partial charge in [-0.25, -0.2) is 12.4 Å². The predicted molar refractivity (Wildman–Crippen MR) is 140 cm³/mol. The first-order valence-corrected chi connectivity index (χ1v) is 12.7. The third kappa shape index (κ3) is 3.42.